The van der Waals surface area contributed by atoms with E-state index in [2.05, 4.69) is 31.2 Å². The van der Waals surface area contributed by atoms with Crippen molar-refractivity contribution >= 4 is 11.6 Å². The Morgan fingerprint density at radius 3 is 2.60 bits per heavy atom. The highest BCUT2D eigenvalue weighted by molar-refractivity contribution is 5.76. The zero-order chi connectivity index (χ0) is 18.6. The highest BCUT2D eigenvalue weighted by Gasteiger charge is 2.28. The third-order valence-electron chi connectivity index (χ3n) is 4.07. The van der Waals surface area contributed by atoms with Gasteiger partial charge in [-0.05, 0) is 23.5 Å². The van der Waals surface area contributed by atoms with E-state index >= 15 is 0 Å². The Morgan fingerprint density at radius 1 is 1.36 bits per heavy atom. The molecule has 1 atom stereocenters. The van der Waals surface area contributed by atoms with E-state index < -0.39 is 4.92 Å². The van der Waals surface area contributed by atoms with E-state index in [9.17, 15) is 14.9 Å². The van der Waals surface area contributed by atoms with Crippen molar-refractivity contribution in [3.05, 3.63) is 57.9 Å². The second-order valence-electron chi connectivity index (χ2n) is 7.19. The van der Waals surface area contributed by atoms with E-state index in [4.69, 9.17) is 0 Å². The predicted molar refractivity (Wildman–Crippen MR) is 95.0 cm³/mol. The van der Waals surface area contributed by atoms with Crippen LogP contribution in [0.1, 0.15) is 44.4 Å². The van der Waals surface area contributed by atoms with Crippen molar-refractivity contribution in [3.63, 3.8) is 0 Å². The molecule has 1 heterocycles. The summed E-state index contributed by atoms with van der Waals surface area (Å²) in [7, 11) is 0. The van der Waals surface area contributed by atoms with Crippen LogP contribution in [0, 0.1) is 22.5 Å². The van der Waals surface area contributed by atoms with Gasteiger partial charge < -0.3 is 5.32 Å². The Hall–Kier alpha value is -2.70. The number of aromatic nitrogens is 2. The molecule has 25 heavy (non-hydrogen) atoms. The zero-order valence-corrected chi connectivity index (χ0v) is 15.0. The van der Waals surface area contributed by atoms with Crippen LogP contribution < -0.4 is 5.32 Å². The van der Waals surface area contributed by atoms with Crippen LogP contribution >= 0.6 is 0 Å². The first kappa shape index (κ1) is 18.6. The van der Waals surface area contributed by atoms with Crippen LogP contribution in [0.5, 0.6) is 0 Å². The molecule has 2 rings (SSSR count). The Balaban J connectivity index is 2.04. The molecule has 0 aliphatic rings. The van der Waals surface area contributed by atoms with Crippen molar-refractivity contribution in [1.82, 2.24) is 15.1 Å². The molecular weight excluding hydrogens is 320 g/mol. The van der Waals surface area contributed by atoms with Crippen molar-refractivity contribution in [1.29, 1.82) is 0 Å². The molecule has 7 heteroatoms. The minimum absolute atomic E-state index is 0.0760. The molecule has 134 valence electrons. The molecule has 1 N–H and O–H groups in total. The van der Waals surface area contributed by atoms with Crippen molar-refractivity contribution in [3.8, 4) is 0 Å². The number of rotatable bonds is 6. The molecule has 0 bridgehead atoms. The Kier molecular flexibility index (Phi) is 5.56. The summed E-state index contributed by atoms with van der Waals surface area (Å²) in [6.45, 7) is 8.58. The van der Waals surface area contributed by atoms with E-state index in [0.717, 1.165) is 11.1 Å². The summed E-state index contributed by atoms with van der Waals surface area (Å²) in [5.74, 6) is -0.110. The number of aryl methyl sites for hydroxylation is 2. The van der Waals surface area contributed by atoms with Gasteiger partial charge in [-0.2, -0.15) is 5.10 Å². The third-order valence-corrected chi connectivity index (χ3v) is 4.07. The quantitative estimate of drug-likeness (QED) is 0.642. The standard InChI is InChI=1S/C18H24N4O3/c1-13-7-5-6-8-15(13)17(18(2,3)4)20-16(23)9-10-21-12-14(11-19-21)22(24)25/h5-8,11-12,17H,9-10H2,1-4H3,(H,20,23)/t17-/m1/s1. The van der Waals surface area contributed by atoms with E-state index in [1.54, 1.807) is 0 Å². The average Bonchev–Trinajstić information content (AvgIpc) is 3.00. The molecule has 1 aromatic heterocycles. The lowest BCUT2D eigenvalue weighted by Crippen LogP contribution is -2.37. The van der Waals surface area contributed by atoms with Crippen LogP contribution in [-0.2, 0) is 11.3 Å². The van der Waals surface area contributed by atoms with Gasteiger partial charge in [-0.3, -0.25) is 19.6 Å². The maximum absolute atomic E-state index is 12.4. The lowest BCUT2D eigenvalue weighted by atomic mass is 9.81. The smallest absolute Gasteiger partial charge is 0.306 e. The Labute approximate surface area is 147 Å². The molecule has 0 saturated carbocycles. The molecule has 0 aliphatic heterocycles. The number of amides is 1. The minimum Gasteiger partial charge on any atom is -0.349 e. The van der Waals surface area contributed by atoms with Gasteiger partial charge in [0.15, 0.2) is 0 Å². The number of nitrogens with zero attached hydrogens (tertiary/aromatic N) is 3. The molecule has 0 saturated heterocycles. The van der Waals surface area contributed by atoms with Crippen LogP contribution in [0.15, 0.2) is 36.7 Å². The summed E-state index contributed by atoms with van der Waals surface area (Å²) >= 11 is 0. The Morgan fingerprint density at radius 2 is 2.04 bits per heavy atom. The van der Waals surface area contributed by atoms with Gasteiger partial charge in [0.2, 0.25) is 5.91 Å². The van der Waals surface area contributed by atoms with Crippen LogP contribution in [0.4, 0.5) is 5.69 Å². The zero-order valence-electron chi connectivity index (χ0n) is 15.0. The van der Waals surface area contributed by atoms with Crippen LogP contribution in [0.25, 0.3) is 0 Å². The van der Waals surface area contributed by atoms with Gasteiger partial charge in [0.05, 0.1) is 11.0 Å². The van der Waals surface area contributed by atoms with Crippen LogP contribution in [0.3, 0.4) is 0 Å². The average molecular weight is 344 g/mol. The van der Waals surface area contributed by atoms with E-state index in [-0.39, 0.29) is 29.5 Å². The predicted octanol–water partition coefficient (Wildman–Crippen LogP) is 3.39. The maximum Gasteiger partial charge on any atom is 0.306 e. The van der Waals surface area contributed by atoms with Gasteiger partial charge in [0.1, 0.15) is 12.4 Å². The monoisotopic (exact) mass is 344 g/mol. The van der Waals surface area contributed by atoms with Gasteiger partial charge in [-0.15, -0.1) is 0 Å². The lowest BCUT2D eigenvalue weighted by molar-refractivity contribution is -0.385. The van der Waals surface area contributed by atoms with Gasteiger partial charge in [0, 0.05) is 13.0 Å². The number of benzene rings is 1. The number of carbonyl (C=O) groups is 1. The fourth-order valence-corrected chi connectivity index (χ4v) is 2.69. The van der Waals surface area contributed by atoms with Gasteiger partial charge >= 0.3 is 5.69 Å². The summed E-state index contributed by atoms with van der Waals surface area (Å²) in [5, 5.41) is 17.7. The third kappa shape index (κ3) is 4.89. The summed E-state index contributed by atoms with van der Waals surface area (Å²) in [4.78, 5) is 22.6. The molecule has 0 spiro atoms. The molecule has 0 radical (unpaired) electrons. The number of hydrogen-bond donors (Lipinski definition) is 1. The van der Waals surface area contributed by atoms with Gasteiger partial charge in [-0.1, -0.05) is 45.0 Å². The number of nitro groups is 1. The van der Waals surface area contributed by atoms with E-state index in [1.807, 2.05) is 31.2 Å². The molecule has 2 aromatic rings. The molecule has 1 aromatic carbocycles. The van der Waals surface area contributed by atoms with Gasteiger partial charge in [-0.25, -0.2) is 0 Å². The summed E-state index contributed by atoms with van der Waals surface area (Å²) in [6, 6.07) is 7.89. The first-order valence-corrected chi connectivity index (χ1v) is 8.20. The fourth-order valence-electron chi connectivity index (χ4n) is 2.69. The first-order valence-electron chi connectivity index (χ1n) is 8.20. The van der Waals surface area contributed by atoms with Gasteiger partial charge in [0.25, 0.3) is 0 Å². The maximum atomic E-state index is 12.4. The molecule has 0 fully saturated rings. The SMILES string of the molecule is Cc1ccccc1[C@@H](NC(=O)CCn1cc([N+](=O)[O-])cn1)C(C)(C)C. The van der Waals surface area contributed by atoms with Crippen molar-refractivity contribution < 1.29 is 9.72 Å². The second kappa shape index (κ2) is 7.46. The first-order chi connectivity index (χ1) is 11.7. The highest BCUT2D eigenvalue weighted by atomic mass is 16.6. The number of hydrogen-bond acceptors (Lipinski definition) is 4. The molecule has 1 amide bonds. The van der Waals surface area contributed by atoms with Crippen molar-refractivity contribution in [2.75, 3.05) is 0 Å². The van der Waals surface area contributed by atoms with Crippen LogP contribution in [-0.4, -0.2) is 20.6 Å². The summed E-state index contributed by atoms with van der Waals surface area (Å²) < 4.78 is 1.41. The van der Waals surface area contributed by atoms with Crippen molar-refractivity contribution in [2.45, 2.75) is 46.7 Å². The Bertz CT molecular complexity index is 762. The number of carbonyl (C=O) groups excluding carboxylic acids is 1. The van der Waals surface area contributed by atoms with E-state index in [1.165, 1.54) is 17.1 Å². The minimum atomic E-state index is -0.503. The number of nitrogens with one attached hydrogen (secondary N) is 1. The molecular formula is C18H24N4O3. The second-order valence-corrected chi connectivity index (χ2v) is 7.19. The molecule has 0 unspecified atom stereocenters. The fraction of sp³-hybridized carbons (Fsp3) is 0.444. The summed E-state index contributed by atoms with van der Waals surface area (Å²) in [5.41, 5.74) is 2.00. The topological polar surface area (TPSA) is 90.1 Å². The van der Waals surface area contributed by atoms with Crippen molar-refractivity contribution in [2.24, 2.45) is 5.41 Å². The molecule has 7 nitrogen and oxygen atoms in total. The molecule has 0 aliphatic carbocycles. The lowest BCUT2D eigenvalue weighted by Gasteiger charge is -2.33. The largest absolute Gasteiger partial charge is 0.349 e. The summed E-state index contributed by atoms with van der Waals surface area (Å²) in [6.07, 6.45) is 2.72. The normalized spacial score (nSPS) is 12.6. The van der Waals surface area contributed by atoms with E-state index in [0.29, 0.717) is 6.54 Å². The van der Waals surface area contributed by atoms with Crippen LogP contribution in [0.2, 0.25) is 0 Å². The highest BCUT2D eigenvalue weighted by Crippen LogP contribution is 2.34.